The predicted octanol–water partition coefficient (Wildman–Crippen LogP) is 2.70. The Morgan fingerprint density at radius 2 is 1.92 bits per heavy atom. The number of allylic oxidation sites excluding steroid dienone is 2. The van der Waals surface area contributed by atoms with Gasteiger partial charge in [0.2, 0.25) is 5.91 Å². The molecule has 0 radical (unpaired) electrons. The van der Waals surface area contributed by atoms with Crippen LogP contribution >= 0.6 is 0 Å². The standard InChI is InChI=1S/C20H29NO3/c1-19-9-8-13(22)10-12(19)4-5-14-15-6-7-17(24)21(3)20(15,2)11-16(23)18(14)19/h10,14-16,18,23H,4-9,11H2,1-3H3/t14?,15?,16-,18?,19?,20?/m0/s1. The average molecular weight is 331 g/mol. The zero-order valence-electron chi connectivity index (χ0n) is 15.0. The van der Waals surface area contributed by atoms with Crippen molar-refractivity contribution in [2.24, 2.45) is 23.2 Å². The molecule has 4 aliphatic rings. The van der Waals surface area contributed by atoms with Gasteiger partial charge in [-0.2, -0.15) is 0 Å². The molecule has 1 aliphatic heterocycles. The summed E-state index contributed by atoms with van der Waals surface area (Å²) >= 11 is 0. The van der Waals surface area contributed by atoms with Crippen molar-refractivity contribution in [1.82, 2.24) is 4.90 Å². The van der Waals surface area contributed by atoms with Crippen LogP contribution in [0.5, 0.6) is 0 Å². The molecule has 1 saturated heterocycles. The molecular weight excluding hydrogens is 302 g/mol. The summed E-state index contributed by atoms with van der Waals surface area (Å²) in [5, 5.41) is 11.1. The molecule has 0 bridgehead atoms. The van der Waals surface area contributed by atoms with Crippen LogP contribution in [0.15, 0.2) is 11.6 Å². The third-order valence-electron chi connectivity index (χ3n) is 8.07. The molecule has 6 atom stereocenters. The Balaban J connectivity index is 1.74. The lowest BCUT2D eigenvalue weighted by Crippen LogP contribution is -2.66. The van der Waals surface area contributed by atoms with Crippen molar-refractivity contribution < 1.29 is 14.7 Å². The van der Waals surface area contributed by atoms with Gasteiger partial charge >= 0.3 is 0 Å². The van der Waals surface area contributed by atoms with Crippen LogP contribution in [0.4, 0.5) is 0 Å². The van der Waals surface area contributed by atoms with Crippen molar-refractivity contribution in [1.29, 1.82) is 0 Å². The van der Waals surface area contributed by atoms with Gasteiger partial charge in [0.15, 0.2) is 5.78 Å². The molecule has 5 unspecified atom stereocenters. The number of likely N-dealkylation sites (tertiary alicyclic amines) is 1. The molecule has 3 aliphatic carbocycles. The number of piperidine rings is 1. The van der Waals surface area contributed by atoms with E-state index in [1.54, 1.807) is 0 Å². The molecule has 1 amide bonds. The lowest BCUT2D eigenvalue weighted by molar-refractivity contribution is -0.171. The molecule has 4 nitrogen and oxygen atoms in total. The highest BCUT2D eigenvalue weighted by Gasteiger charge is 2.60. The maximum Gasteiger partial charge on any atom is 0.222 e. The van der Waals surface area contributed by atoms with Crippen LogP contribution < -0.4 is 0 Å². The van der Waals surface area contributed by atoms with Crippen molar-refractivity contribution in [3.63, 3.8) is 0 Å². The molecule has 24 heavy (non-hydrogen) atoms. The van der Waals surface area contributed by atoms with Crippen LogP contribution in [-0.2, 0) is 9.59 Å². The fourth-order valence-electron chi connectivity index (χ4n) is 6.65. The Bertz CT molecular complexity index is 626. The minimum absolute atomic E-state index is 0.0440. The SMILES string of the molecule is CN1C(=O)CCC2C3CCC4=CC(=O)CCC4(C)C3[C@@H](O)CC21C. The molecule has 0 aromatic heterocycles. The van der Waals surface area contributed by atoms with Crippen molar-refractivity contribution in [3.8, 4) is 0 Å². The summed E-state index contributed by atoms with van der Waals surface area (Å²) in [7, 11) is 1.91. The smallest absolute Gasteiger partial charge is 0.222 e. The highest BCUT2D eigenvalue weighted by molar-refractivity contribution is 5.91. The zero-order valence-corrected chi connectivity index (χ0v) is 15.0. The third kappa shape index (κ3) is 2.01. The van der Waals surface area contributed by atoms with Gasteiger partial charge < -0.3 is 10.0 Å². The summed E-state index contributed by atoms with van der Waals surface area (Å²) in [5.74, 6) is 1.60. The Hall–Kier alpha value is -1.16. The zero-order chi connectivity index (χ0) is 17.3. The van der Waals surface area contributed by atoms with E-state index < -0.39 is 6.10 Å². The van der Waals surface area contributed by atoms with Crippen molar-refractivity contribution in [2.45, 2.75) is 70.4 Å². The number of aliphatic hydroxyl groups excluding tert-OH is 1. The molecule has 132 valence electrons. The lowest BCUT2D eigenvalue weighted by Gasteiger charge is -2.63. The summed E-state index contributed by atoms with van der Waals surface area (Å²) in [4.78, 5) is 26.0. The predicted molar refractivity (Wildman–Crippen MR) is 91.2 cm³/mol. The maximum absolute atomic E-state index is 12.2. The lowest BCUT2D eigenvalue weighted by atomic mass is 9.46. The number of aliphatic hydroxyl groups is 1. The molecule has 4 rings (SSSR count). The molecular formula is C20H29NO3. The molecule has 3 fully saturated rings. The van der Waals surface area contributed by atoms with Crippen molar-refractivity contribution in [2.75, 3.05) is 7.05 Å². The molecule has 0 aromatic rings. The number of amides is 1. The number of hydrogen-bond acceptors (Lipinski definition) is 3. The molecule has 0 spiro atoms. The Morgan fingerprint density at radius 3 is 2.67 bits per heavy atom. The topological polar surface area (TPSA) is 57.6 Å². The van der Waals surface area contributed by atoms with Gasteiger partial charge in [0.25, 0.3) is 0 Å². The van der Waals surface area contributed by atoms with E-state index >= 15 is 0 Å². The number of hydrogen-bond donors (Lipinski definition) is 1. The molecule has 1 N–H and O–H groups in total. The minimum Gasteiger partial charge on any atom is -0.393 e. The third-order valence-corrected chi connectivity index (χ3v) is 8.07. The van der Waals surface area contributed by atoms with Gasteiger partial charge in [-0.05, 0) is 68.3 Å². The first-order valence-electron chi connectivity index (χ1n) is 9.46. The van der Waals surface area contributed by atoms with E-state index in [1.165, 1.54) is 5.57 Å². The van der Waals surface area contributed by atoms with Crippen molar-refractivity contribution >= 4 is 11.7 Å². The Morgan fingerprint density at radius 1 is 1.17 bits per heavy atom. The Labute approximate surface area is 144 Å². The maximum atomic E-state index is 12.2. The first-order chi connectivity index (χ1) is 11.3. The van der Waals surface area contributed by atoms with E-state index in [2.05, 4.69) is 13.8 Å². The number of rotatable bonds is 0. The van der Waals surface area contributed by atoms with Gasteiger partial charge in [-0.15, -0.1) is 0 Å². The highest BCUT2D eigenvalue weighted by Crippen LogP contribution is 2.61. The van der Waals surface area contributed by atoms with E-state index in [4.69, 9.17) is 0 Å². The number of carbonyl (C=O) groups excluding carboxylic acids is 2. The number of nitrogens with zero attached hydrogens (tertiary/aromatic N) is 1. The fourth-order valence-corrected chi connectivity index (χ4v) is 6.65. The summed E-state index contributed by atoms with van der Waals surface area (Å²) in [6, 6.07) is 0. The minimum atomic E-state index is -0.397. The normalized spacial score (nSPS) is 48.3. The van der Waals surface area contributed by atoms with E-state index in [0.717, 1.165) is 25.7 Å². The summed E-state index contributed by atoms with van der Waals surface area (Å²) in [6.45, 7) is 4.44. The van der Waals surface area contributed by atoms with E-state index in [-0.39, 0.29) is 28.6 Å². The second-order valence-corrected chi connectivity index (χ2v) is 9.01. The molecule has 0 aromatic carbocycles. The first kappa shape index (κ1) is 16.3. The van der Waals surface area contributed by atoms with E-state index in [0.29, 0.717) is 31.1 Å². The van der Waals surface area contributed by atoms with Gasteiger partial charge in [0, 0.05) is 25.4 Å². The molecule has 1 heterocycles. The summed E-state index contributed by atoms with van der Waals surface area (Å²) in [6.07, 6.45) is 7.21. The summed E-state index contributed by atoms with van der Waals surface area (Å²) < 4.78 is 0. The first-order valence-corrected chi connectivity index (χ1v) is 9.46. The van der Waals surface area contributed by atoms with Crippen LogP contribution in [0.25, 0.3) is 0 Å². The van der Waals surface area contributed by atoms with Gasteiger partial charge in [-0.25, -0.2) is 0 Å². The fraction of sp³-hybridized carbons (Fsp3) is 0.800. The van der Waals surface area contributed by atoms with Crippen LogP contribution in [0.1, 0.15) is 58.8 Å². The second-order valence-electron chi connectivity index (χ2n) is 9.01. The largest absolute Gasteiger partial charge is 0.393 e. The van der Waals surface area contributed by atoms with Crippen LogP contribution in [0.3, 0.4) is 0 Å². The van der Waals surface area contributed by atoms with Crippen LogP contribution in [0.2, 0.25) is 0 Å². The van der Waals surface area contributed by atoms with Gasteiger partial charge in [-0.3, -0.25) is 9.59 Å². The van der Waals surface area contributed by atoms with Crippen LogP contribution in [0, 0.1) is 23.2 Å². The number of fused-ring (bicyclic) bond motifs is 5. The molecule has 2 saturated carbocycles. The van der Waals surface area contributed by atoms with Gasteiger partial charge in [-0.1, -0.05) is 12.5 Å². The summed E-state index contributed by atoms with van der Waals surface area (Å²) in [5.41, 5.74) is 0.998. The number of ketones is 1. The van der Waals surface area contributed by atoms with Gasteiger partial charge in [0.1, 0.15) is 0 Å². The van der Waals surface area contributed by atoms with E-state index in [9.17, 15) is 14.7 Å². The Kier molecular flexibility index (Phi) is 3.51. The number of carbonyl (C=O) groups is 2. The highest BCUT2D eigenvalue weighted by atomic mass is 16.3. The monoisotopic (exact) mass is 331 g/mol. The van der Waals surface area contributed by atoms with E-state index in [1.807, 2.05) is 18.0 Å². The second kappa shape index (κ2) is 5.17. The quantitative estimate of drug-likeness (QED) is 0.742. The van der Waals surface area contributed by atoms with Gasteiger partial charge in [0.05, 0.1) is 6.10 Å². The molecule has 4 heteroatoms. The average Bonchev–Trinajstić information content (AvgIpc) is 2.52. The van der Waals surface area contributed by atoms with Crippen LogP contribution in [-0.4, -0.2) is 40.4 Å². The van der Waals surface area contributed by atoms with Crippen molar-refractivity contribution in [3.05, 3.63) is 11.6 Å².